The molecule has 15 N–H and O–H groups in total. The molecule has 2 aliphatic rings. The van der Waals surface area contributed by atoms with Gasteiger partial charge in [0.05, 0.1) is 19.0 Å². The fourth-order valence-electron chi connectivity index (χ4n) is 7.64. The second-order valence-corrected chi connectivity index (χ2v) is 20.4. The number of rotatable bonds is 17. The van der Waals surface area contributed by atoms with Crippen molar-refractivity contribution in [3.8, 4) is 5.75 Å². The van der Waals surface area contributed by atoms with Crippen LogP contribution in [0.15, 0.2) is 24.3 Å². The van der Waals surface area contributed by atoms with E-state index in [1.54, 1.807) is 13.8 Å². The molecule has 0 aliphatic carbocycles. The number of benzene rings is 1. The third-order valence-corrected chi connectivity index (χ3v) is 14.2. The lowest BCUT2D eigenvalue weighted by atomic mass is 9.96. The molecule has 2 heterocycles. The van der Waals surface area contributed by atoms with E-state index in [1.807, 2.05) is 13.8 Å². The van der Waals surface area contributed by atoms with Crippen LogP contribution < -0.4 is 54.8 Å². The number of carbonyl (C=O) groups excluding carboxylic acids is 11. The highest BCUT2D eigenvalue weighted by atomic mass is 33.1. The Balaban J connectivity index is 2.09. The molecule has 0 aromatic heterocycles. The monoisotopic (exact) mass is 1020 g/mol. The maximum Gasteiger partial charge on any atom is 0.246 e. The minimum atomic E-state index is -1.70. The lowest BCUT2D eigenvalue weighted by molar-refractivity contribution is -0.145. The standard InChI is InChI=1S/C44H68N12O12S2/c1-6-23(4)36-42(66)50-27(13-14-33(46)58)43(67)55(5)32(18-34(47)59)41(65)53-30(21-70-69-20-26(45)37(61)51-29(39(63)54-36)17-24-9-11-25(57)12-10-24)44(68)56-15-7-8-31(56)40(64)52-28(16-22(2)3)38(62)49-19-35(48)60/h9-12,22-23,26-32,36,57H,6-8,13-21,45H2,1-5H3,(H2,46,58)(H2,47,59)(H2,48,60)(H,49,62)(H,50,66)(H,51,61)(H,52,64)(H,53,65)(H,54,63)/t23-,26-,27-,28-,29-,30-,31-,32-,36-/m0/s1. The van der Waals surface area contributed by atoms with Crippen LogP contribution in [0.3, 0.4) is 0 Å². The zero-order valence-electron chi connectivity index (χ0n) is 40.0. The number of amides is 11. The summed E-state index contributed by atoms with van der Waals surface area (Å²) in [6.45, 7) is 6.62. The number of likely N-dealkylation sites (N-methyl/N-ethyl adjacent to an activating group) is 1. The predicted octanol–water partition coefficient (Wildman–Crippen LogP) is -3.27. The zero-order chi connectivity index (χ0) is 52.4. The quantitative estimate of drug-likeness (QED) is 0.0683. The molecule has 11 amide bonds. The molecule has 0 bridgehead atoms. The number of nitrogens with one attached hydrogen (secondary N) is 6. The number of nitrogens with zero attached hydrogens (tertiary/aromatic N) is 2. The van der Waals surface area contributed by atoms with E-state index >= 15 is 0 Å². The smallest absolute Gasteiger partial charge is 0.246 e. The molecule has 0 spiro atoms. The van der Waals surface area contributed by atoms with Crippen LogP contribution in [0.4, 0.5) is 0 Å². The summed E-state index contributed by atoms with van der Waals surface area (Å²) in [5, 5.41) is 25.5. The van der Waals surface area contributed by atoms with Gasteiger partial charge in [0.15, 0.2) is 0 Å². The Morgan fingerprint density at radius 1 is 0.829 bits per heavy atom. The fraction of sp³-hybridized carbons (Fsp3) is 0.614. The molecule has 388 valence electrons. The molecule has 1 aromatic rings. The second-order valence-electron chi connectivity index (χ2n) is 17.8. The van der Waals surface area contributed by atoms with Gasteiger partial charge in [-0.15, -0.1) is 0 Å². The van der Waals surface area contributed by atoms with Gasteiger partial charge in [-0.2, -0.15) is 0 Å². The molecule has 9 atom stereocenters. The van der Waals surface area contributed by atoms with Crippen molar-refractivity contribution in [1.29, 1.82) is 0 Å². The predicted molar refractivity (Wildman–Crippen MR) is 259 cm³/mol. The van der Waals surface area contributed by atoms with Crippen molar-refractivity contribution in [2.75, 3.05) is 31.6 Å². The van der Waals surface area contributed by atoms with Gasteiger partial charge in [-0.25, -0.2) is 0 Å². The molecule has 0 unspecified atom stereocenters. The molecule has 1 aromatic carbocycles. The number of aromatic hydroxyl groups is 1. The SMILES string of the molecule is CC[C@H](C)[C@@H]1NC(=O)[C@H](Cc2ccc(O)cc2)NC(=O)[C@@H](N)CSSC[C@@H](C(=O)N2CCC[C@H]2C(=O)N[C@@H](CC(C)C)C(=O)NCC(N)=O)NC(=O)[C@H](CC(N)=O)N(C)C(=O)[C@H](CCC(N)=O)NC1=O. The van der Waals surface area contributed by atoms with E-state index in [0.717, 1.165) is 33.5 Å². The van der Waals surface area contributed by atoms with E-state index in [9.17, 15) is 57.8 Å². The summed E-state index contributed by atoms with van der Waals surface area (Å²) < 4.78 is 0. The van der Waals surface area contributed by atoms with Crippen LogP contribution in [-0.2, 0) is 59.2 Å². The van der Waals surface area contributed by atoms with Crippen LogP contribution in [0.5, 0.6) is 5.75 Å². The summed E-state index contributed by atoms with van der Waals surface area (Å²) >= 11 is 0. The highest BCUT2D eigenvalue weighted by Gasteiger charge is 2.42. The summed E-state index contributed by atoms with van der Waals surface area (Å²) in [5.74, 6) is -10.2. The first-order valence-electron chi connectivity index (χ1n) is 22.9. The van der Waals surface area contributed by atoms with Gasteiger partial charge in [0, 0.05) is 37.9 Å². The fourth-order valence-corrected chi connectivity index (χ4v) is 9.92. The summed E-state index contributed by atoms with van der Waals surface area (Å²) in [4.78, 5) is 150. The molecule has 2 fully saturated rings. The average Bonchev–Trinajstić information content (AvgIpc) is 3.80. The summed E-state index contributed by atoms with van der Waals surface area (Å²) in [6, 6.07) is -4.97. The minimum Gasteiger partial charge on any atom is -0.508 e. The number of phenolic OH excluding ortho intramolecular Hbond substituents is 1. The van der Waals surface area contributed by atoms with Crippen molar-refractivity contribution in [3.05, 3.63) is 29.8 Å². The Labute approximate surface area is 414 Å². The second kappa shape index (κ2) is 27.9. The maximum atomic E-state index is 14.6. The van der Waals surface area contributed by atoms with Gasteiger partial charge >= 0.3 is 0 Å². The molecular formula is C44H68N12O12S2. The average molecular weight is 1020 g/mol. The number of carbonyl (C=O) groups is 11. The molecule has 2 saturated heterocycles. The number of nitrogens with two attached hydrogens (primary N) is 4. The summed E-state index contributed by atoms with van der Waals surface area (Å²) in [7, 11) is 3.22. The van der Waals surface area contributed by atoms with E-state index in [4.69, 9.17) is 22.9 Å². The minimum absolute atomic E-state index is 0.0457. The van der Waals surface area contributed by atoms with Gasteiger partial charge in [0.1, 0.15) is 48.0 Å². The number of hydrogen-bond acceptors (Lipinski definition) is 15. The highest BCUT2D eigenvalue weighted by Crippen LogP contribution is 2.26. The largest absolute Gasteiger partial charge is 0.508 e. The summed E-state index contributed by atoms with van der Waals surface area (Å²) in [6.07, 6.45) is -0.647. The van der Waals surface area contributed by atoms with Gasteiger partial charge in [0.25, 0.3) is 0 Å². The third kappa shape index (κ3) is 18.0. The van der Waals surface area contributed by atoms with Gasteiger partial charge in [-0.3, -0.25) is 52.7 Å². The molecule has 70 heavy (non-hydrogen) atoms. The Morgan fingerprint density at radius 2 is 1.47 bits per heavy atom. The van der Waals surface area contributed by atoms with E-state index in [1.165, 1.54) is 29.2 Å². The van der Waals surface area contributed by atoms with E-state index < -0.39 is 139 Å². The van der Waals surface area contributed by atoms with Gasteiger partial charge in [-0.1, -0.05) is 67.8 Å². The van der Waals surface area contributed by atoms with E-state index in [0.29, 0.717) is 18.4 Å². The van der Waals surface area contributed by atoms with E-state index in [-0.39, 0.29) is 55.4 Å². The molecule has 24 nitrogen and oxygen atoms in total. The highest BCUT2D eigenvalue weighted by molar-refractivity contribution is 8.76. The maximum absolute atomic E-state index is 14.6. The van der Waals surface area contributed by atoms with E-state index in [2.05, 4.69) is 31.9 Å². The topological polar surface area (TPSA) is 391 Å². The van der Waals surface area contributed by atoms with Crippen molar-refractivity contribution >= 4 is 86.6 Å². The lowest BCUT2D eigenvalue weighted by Gasteiger charge is -2.34. The van der Waals surface area contributed by atoms with Crippen molar-refractivity contribution < 1.29 is 57.8 Å². The van der Waals surface area contributed by atoms with Gasteiger partial charge in [0.2, 0.25) is 65.0 Å². The number of hydrogen-bond donors (Lipinski definition) is 11. The Bertz CT molecular complexity index is 2080. The van der Waals surface area contributed by atoms with Gasteiger partial charge in [-0.05, 0) is 55.2 Å². The Morgan fingerprint density at radius 3 is 2.07 bits per heavy atom. The molecular weight excluding hydrogens is 953 g/mol. The first-order chi connectivity index (χ1) is 32.9. The number of likely N-dealkylation sites (tertiary alicyclic amines) is 1. The van der Waals surface area contributed by atoms with Crippen LogP contribution in [0.25, 0.3) is 0 Å². The van der Waals surface area contributed by atoms with Gasteiger partial charge < -0.3 is 69.7 Å². The zero-order valence-corrected chi connectivity index (χ0v) is 41.7. The van der Waals surface area contributed by atoms with Crippen LogP contribution in [0, 0.1) is 11.8 Å². The Kier molecular flexibility index (Phi) is 23.2. The van der Waals surface area contributed by atoms with Crippen molar-refractivity contribution in [1.82, 2.24) is 41.7 Å². The summed E-state index contributed by atoms with van der Waals surface area (Å²) in [5.41, 5.74) is 23.1. The molecule has 2 aliphatic heterocycles. The van der Waals surface area contributed by atoms with Crippen molar-refractivity contribution in [2.45, 2.75) is 127 Å². The number of primary amides is 3. The van der Waals surface area contributed by atoms with Crippen LogP contribution in [-0.4, -0.2) is 160 Å². The number of phenols is 1. The molecule has 26 heteroatoms. The molecule has 3 rings (SSSR count). The first kappa shape index (κ1) is 58.2. The van der Waals surface area contributed by atoms with Crippen molar-refractivity contribution in [3.63, 3.8) is 0 Å². The molecule has 0 saturated carbocycles. The van der Waals surface area contributed by atoms with Crippen LogP contribution >= 0.6 is 21.6 Å². The Hall–Kier alpha value is -6.15. The van der Waals surface area contributed by atoms with Crippen LogP contribution in [0.1, 0.15) is 78.2 Å². The van der Waals surface area contributed by atoms with Crippen LogP contribution in [0.2, 0.25) is 0 Å². The lowest BCUT2D eigenvalue weighted by Crippen LogP contribution is -2.62. The molecule has 0 radical (unpaired) electrons. The first-order valence-corrected chi connectivity index (χ1v) is 25.4. The normalized spacial score (nSPS) is 24.3. The van der Waals surface area contributed by atoms with Crippen molar-refractivity contribution in [2.24, 2.45) is 34.8 Å². The third-order valence-electron chi connectivity index (χ3n) is 11.7.